The highest BCUT2D eigenvalue weighted by atomic mass is 16.5. The Labute approximate surface area is 177 Å². The predicted octanol–water partition coefficient (Wildman–Crippen LogP) is 1.73. The molecule has 2 heterocycles. The van der Waals surface area contributed by atoms with Crippen LogP contribution >= 0.6 is 0 Å². The van der Waals surface area contributed by atoms with Crippen LogP contribution in [0, 0.1) is 0 Å². The molecule has 158 valence electrons. The van der Waals surface area contributed by atoms with Crippen LogP contribution in [-0.2, 0) is 9.53 Å². The monoisotopic (exact) mass is 408 g/mol. The molecular weight excluding hydrogens is 378 g/mol. The number of carbonyl (C=O) groups is 1. The lowest BCUT2D eigenvalue weighted by atomic mass is 9.88. The fourth-order valence-corrected chi connectivity index (χ4v) is 4.19. The van der Waals surface area contributed by atoms with Crippen LogP contribution in [-0.4, -0.2) is 57.4 Å². The summed E-state index contributed by atoms with van der Waals surface area (Å²) >= 11 is 0. The minimum Gasteiger partial charge on any atom is -0.497 e. The van der Waals surface area contributed by atoms with Crippen molar-refractivity contribution in [3.05, 3.63) is 65.9 Å². The van der Waals surface area contributed by atoms with E-state index < -0.39 is 0 Å². The molecule has 2 aromatic carbocycles. The van der Waals surface area contributed by atoms with E-state index in [2.05, 4.69) is 28.5 Å². The zero-order chi connectivity index (χ0) is 20.8. The van der Waals surface area contributed by atoms with Crippen LogP contribution in [0.3, 0.4) is 0 Å². The van der Waals surface area contributed by atoms with Crippen LogP contribution in [0.2, 0.25) is 0 Å². The van der Waals surface area contributed by atoms with Crippen molar-refractivity contribution >= 4 is 16.8 Å². The molecule has 6 nitrogen and oxygen atoms in total. The maximum absolute atomic E-state index is 12.9. The first-order valence-electron chi connectivity index (χ1n) is 10.6. The number of carbonyl (C=O) groups excluding carboxylic acids is 1. The molecule has 0 spiro atoms. The van der Waals surface area contributed by atoms with E-state index in [0.29, 0.717) is 13.0 Å². The number of nitrogens with one attached hydrogen (secondary N) is 3. The molecule has 1 fully saturated rings. The first kappa shape index (κ1) is 20.4. The number of ether oxygens (including phenoxy) is 2. The van der Waals surface area contributed by atoms with Gasteiger partial charge in [-0.3, -0.25) is 4.79 Å². The summed E-state index contributed by atoms with van der Waals surface area (Å²) < 4.78 is 10.8. The number of amides is 1. The zero-order valence-electron chi connectivity index (χ0n) is 17.4. The SMILES string of the molecule is COc1cccc([C@@H](CC(=O)NCC[NH+]2CCOCC2)c2c[nH]c3ccccc23)c1. The highest BCUT2D eigenvalue weighted by molar-refractivity contribution is 5.86. The second-order valence-corrected chi connectivity index (χ2v) is 7.79. The molecule has 1 saturated heterocycles. The number of methoxy groups -OCH3 is 1. The van der Waals surface area contributed by atoms with Gasteiger partial charge in [-0.15, -0.1) is 0 Å². The van der Waals surface area contributed by atoms with Crippen LogP contribution in [0.1, 0.15) is 23.5 Å². The van der Waals surface area contributed by atoms with Gasteiger partial charge in [-0.1, -0.05) is 30.3 Å². The maximum atomic E-state index is 12.9. The molecule has 3 aromatic rings. The topological polar surface area (TPSA) is 67.8 Å². The number of para-hydroxylation sites is 1. The molecule has 0 aliphatic carbocycles. The normalized spacial score (nSPS) is 15.8. The van der Waals surface area contributed by atoms with Gasteiger partial charge < -0.3 is 24.7 Å². The predicted molar refractivity (Wildman–Crippen MR) is 117 cm³/mol. The number of morpholine rings is 1. The zero-order valence-corrected chi connectivity index (χ0v) is 17.4. The molecule has 1 aliphatic rings. The summed E-state index contributed by atoms with van der Waals surface area (Å²) in [5, 5.41) is 4.28. The second-order valence-electron chi connectivity index (χ2n) is 7.79. The third kappa shape index (κ3) is 4.83. The Morgan fingerprint density at radius 1 is 1.20 bits per heavy atom. The van der Waals surface area contributed by atoms with Crippen molar-refractivity contribution < 1.29 is 19.2 Å². The van der Waals surface area contributed by atoms with Crippen molar-refractivity contribution in [2.45, 2.75) is 12.3 Å². The van der Waals surface area contributed by atoms with Crippen molar-refractivity contribution in [1.82, 2.24) is 10.3 Å². The lowest BCUT2D eigenvalue weighted by Gasteiger charge is -2.24. The van der Waals surface area contributed by atoms with Crippen LogP contribution < -0.4 is 15.0 Å². The van der Waals surface area contributed by atoms with Crippen LogP contribution in [0.15, 0.2) is 54.7 Å². The fraction of sp³-hybridized carbons (Fsp3) is 0.375. The number of aromatic nitrogens is 1. The van der Waals surface area contributed by atoms with Crippen LogP contribution in [0.5, 0.6) is 5.75 Å². The second kappa shape index (κ2) is 9.78. The van der Waals surface area contributed by atoms with E-state index in [9.17, 15) is 4.79 Å². The summed E-state index contributed by atoms with van der Waals surface area (Å²) in [5.41, 5.74) is 3.29. The Bertz CT molecular complexity index is 978. The van der Waals surface area contributed by atoms with Gasteiger partial charge in [0.25, 0.3) is 0 Å². The van der Waals surface area contributed by atoms with Gasteiger partial charge in [0, 0.05) is 29.4 Å². The average molecular weight is 409 g/mol. The van der Waals surface area contributed by atoms with Crippen molar-refractivity contribution in [2.75, 3.05) is 46.5 Å². The Morgan fingerprint density at radius 3 is 2.87 bits per heavy atom. The summed E-state index contributed by atoms with van der Waals surface area (Å²) in [6, 6.07) is 16.2. The van der Waals surface area contributed by atoms with Crippen LogP contribution in [0.25, 0.3) is 10.9 Å². The van der Waals surface area contributed by atoms with E-state index in [0.717, 1.165) is 60.6 Å². The molecule has 6 heteroatoms. The van der Waals surface area contributed by atoms with Gasteiger partial charge in [-0.05, 0) is 29.3 Å². The maximum Gasteiger partial charge on any atom is 0.221 e. The van der Waals surface area contributed by atoms with E-state index in [1.54, 1.807) is 7.11 Å². The van der Waals surface area contributed by atoms with Gasteiger partial charge in [0.2, 0.25) is 5.91 Å². The Morgan fingerprint density at radius 2 is 2.03 bits per heavy atom. The molecule has 0 saturated carbocycles. The Balaban J connectivity index is 1.50. The van der Waals surface area contributed by atoms with Gasteiger partial charge in [0.1, 0.15) is 18.8 Å². The number of rotatable bonds is 8. The van der Waals surface area contributed by atoms with Crippen LogP contribution in [0.4, 0.5) is 0 Å². The summed E-state index contributed by atoms with van der Waals surface area (Å²) in [6.45, 7) is 5.26. The summed E-state index contributed by atoms with van der Waals surface area (Å²) in [7, 11) is 1.67. The van der Waals surface area contributed by atoms with E-state index in [1.165, 1.54) is 4.90 Å². The number of benzene rings is 2. The summed E-state index contributed by atoms with van der Waals surface area (Å²) in [4.78, 5) is 17.7. The lowest BCUT2D eigenvalue weighted by molar-refractivity contribution is -0.906. The van der Waals surface area contributed by atoms with E-state index in [1.807, 2.05) is 36.5 Å². The molecule has 1 atom stereocenters. The van der Waals surface area contributed by atoms with Gasteiger partial charge in [-0.2, -0.15) is 0 Å². The van der Waals surface area contributed by atoms with Gasteiger partial charge in [0.15, 0.2) is 0 Å². The largest absolute Gasteiger partial charge is 0.497 e. The van der Waals surface area contributed by atoms with E-state index in [4.69, 9.17) is 9.47 Å². The van der Waals surface area contributed by atoms with Crippen molar-refractivity contribution in [3.8, 4) is 5.75 Å². The molecule has 0 radical (unpaired) electrons. The quantitative estimate of drug-likeness (QED) is 0.532. The van der Waals surface area contributed by atoms with Gasteiger partial charge in [0.05, 0.1) is 33.4 Å². The number of hydrogen-bond acceptors (Lipinski definition) is 3. The third-order valence-electron chi connectivity index (χ3n) is 5.88. The molecule has 30 heavy (non-hydrogen) atoms. The molecule has 4 rings (SSSR count). The molecule has 3 N–H and O–H groups in total. The fourth-order valence-electron chi connectivity index (χ4n) is 4.19. The highest BCUT2D eigenvalue weighted by Gasteiger charge is 2.22. The summed E-state index contributed by atoms with van der Waals surface area (Å²) in [6.07, 6.45) is 2.42. The third-order valence-corrected chi connectivity index (χ3v) is 5.88. The minimum atomic E-state index is -0.0491. The molecular formula is C24H30N3O3+. The molecule has 0 unspecified atom stereocenters. The molecule has 0 bridgehead atoms. The number of aromatic amines is 1. The number of fused-ring (bicyclic) bond motifs is 1. The van der Waals surface area contributed by atoms with Gasteiger partial charge >= 0.3 is 0 Å². The number of hydrogen-bond donors (Lipinski definition) is 3. The Hall–Kier alpha value is -2.83. The van der Waals surface area contributed by atoms with E-state index in [-0.39, 0.29) is 11.8 Å². The minimum absolute atomic E-state index is 0.0491. The van der Waals surface area contributed by atoms with Gasteiger partial charge in [-0.25, -0.2) is 0 Å². The lowest BCUT2D eigenvalue weighted by Crippen LogP contribution is -3.14. The molecule has 1 aromatic heterocycles. The molecule has 1 aliphatic heterocycles. The standard InChI is InChI=1S/C24H29N3O3/c1-29-19-6-4-5-18(15-19)21(22-17-26-23-8-3-2-7-20(22)23)16-24(28)25-9-10-27-11-13-30-14-12-27/h2-8,15,17,21,26H,9-14,16H2,1H3,(H,25,28)/p+1/t21-/m1/s1. The highest BCUT2D eigenvalue weighted by Crippen LogP contribution is 2.34. The van der Waals surface area contributed by atoms with E-state index >= 15 is 0 Å². The van der Waals surface area contributed by atoms with Crippen molar-refractivity contribution in [1.29, 1.82) is 0 Å². The summed E-state index contributed by atoms with van der Waals surface area (Å²) in [5.74, 6) is 0.821. The smallest absolute Gasteiger partial charge is 0.221 e. The first-order chi connectivity index (χ1) is 14.7. The number of quaternary nitrogens is 1. The first-order valence-corrected chi connectivity index (χ1v) is 10.6. The number of H-pyrrole nitrogens is 1. The average Bonchev–Trinajstić information content (AvgIpc) is 3.22. The molecule has 1 amide bonds. The van der Waals surface area contributed by atoms with Crippen molar-refractivity contribution in [2.24, 2.45) is 0 Å². The Kier molecular flexibility index (Phi) is 6.67. The van der Waals surface area contributed by atoms with Crippen molar-refractivity contribution in [3.63, 3.8) is 0 Å².